The first-order valence-corrected chi connectivity index (χ1v) is 5.44. The van der Waals surface area contributed by atoms with Crippen molar-refractivity contribution in [1.82, 2.24) is 9.55 Å². The van der Waals surface area contributed by atoms with Crippen LogP contribution in [0.15, 0.2) is 12.4 Å². The van der Waals surface area contributed by atoms with Crippen LogP contribution in [0, 0.1) is 0 Å². The zero-order chi connectivity index (χ0) is 10.6. The predicted molar refractivity (Wildman–Crippen MR) is 60.5 cm³/mol. The summed E-state index contributed by atoms with van der Waals surface area (Å²) in [5, 5.41) is 3.51. The number of aromatic nitrogens is 2. The van der Waals surface area contributed by atoms with Gasteiger partial charge in [-0.25, -0.2) is 4.98 Å². The first-order chi connectivity index (χ1) is 6.65. The Morgan fingerprint density at radius 1 is 1.36 bits per heavy atom. The van der Waals surface area contributed by atoms with Crippen molar-refractivity contribution in [1.29, 1.82) is 0 Å². The van der Waals surface area contributed by atoms with E-state index in [2.05, 4.69) is 42.6 Å². The van der Waals surface area contributed by atoms with Crippen LogP contribution in [0.2, 0.25) is 0 Å². The summed E-state index contributed by atoms with van der Waals surface area (Å²) >= 11 is 0. The van der Waals surface area contributed by atoms with Gasteiger partial charge in [-0.3, -0.25) is 0 Å². The second kappa shape index (κ2) is 4.49. The van der Waals surface area contributed by atoms with Gasteiger partial charge in [0.05, 0.1) is 0 Å². The lowest BCUT2D eigenvalue weighted by atomic mass is 9.96. The molecule has 1 heterocycles. The summed E-state index contributed by atoms with van der Waals surface area (Å²) in [5.41, 5.74) is 0.165. The van der Waals surface area contributed by atoms with Crippen LogP contribution in [0.4, 0.5) is 5.95 Å². The molecule has 0 saturated heterocycles. The Morgan fingerprint density at radius 3 is 2.50 bits per heavy atom. The van der Waals surface area contributed by atoms with Gasteiger partial charge in [0.2, 0.25) is 5.95 Å². The van der Waals surface area contributed by atoms with Gasteiger partial charge in [0.25, 0.3) is 0 Å². The molecule has 14 heavy (non-hydrogen) atoms. The molecule has 0 aromatic carbocycles. The molecule has 0 aliphatic carbocycles. The molecule has 1 rings (SSSR count). The van der Waals surface area contributed by atoms with Gasteiger partial charge in [0.15, 0.2) is 0 Å². The fourth-order valence-electron chi connectivity index (χ4n) is 1.39. The number of nitrogens with one attached hydrogen (secondary N) is 1. The Labute approximate surface area is 86.5 Å². The van der Waals surface area contributed by atoms with Crippen LogP contribution in [-0.4, -0.2) is 15.1 Å². The molecule has 1 aromatic rings. The van der Waals surface area contributed by atoms with E-state index in [1.807, 2.05) is 12.4 Å². The van der Waals surface area contributed by atoms with Crippen molar-refractivity contribution >= 4 is 5.95 Å². The highest BCUT2D eigenvalue weighted by Gasteiger charge is 2.20. The summed E-state index contributed by atoms with van der Waals surface area (Å²) in [4.78, 5) is 4.32. The Kier molecular flexibility index (Phi) is 3.55. The third kappa shape index (κ3) is 2.28. The molecule has 3 heteroatoms. The molecule has 1 aromatic heterocycles. The first kappa shape index (κ1) is 11.1. The second-order valence-electron chi connectivity index (χ2n) is 3.93. The van der Waals surface area contributed by atoms with Crippen molar-refractivity contribution in [2.75, 3.05) is 5.32 Å². The third-order valence-electron chi connectivity index (χ3n) is 3.03. The average molecular weight is 195 g/mol. The van der Waals surface area contributed by atoms with E-state index in [1.54, 1.807) is 0 Å². The van der Waals surface area contributed by atoms with Gasteiger partial charge < -0.3 is 9.88 Å². The topological polar surface area (TPSA) is 29.9 Å². The summed E-state index contributed by atoms with van der Waals surface area (Å²) in [6.07, 6.45) is 6.08. The number of imidazole rings is 1. The smallest absolute Gasteiger partial charge is 0.203 e. The monoisotopic (exact) mass is 195 g/mol. The summed E-state index contributed by atoms with van der Waals surface area (Å²) in [5.74, 6) is 0.985. The van der Waals surface area contributed by atoms with Gasteiger partial charge in [-0.15, -0.1) is 0 Å². The van der Waals surface area contributed by atoms with Crippen LogP contribution in [0.1, 0.15) is 40.5 Å². The van der Waals surface area contributed by atoms with Crippen molar-refractivity contribution in [2.45, 2.75) is 52.6 Å². The number of hydrogen-bond acceptors (Lipinski definition) is 2. The summed E-state index contributed by atoms with van der Waals surface area (Å²) in [7, 11) is 0. The highest BCUT2D eigenvalue weighted by Crippen LogP contribution is 2.20. The van der Waals surface area contributed by atoms with E-state index in [9.17, 15) is 0 Å². The summed E-state index contributed by atoms with van der Waals surface area (Å²) < 4.78 is 2.13. The van der Waals surface area contributed by atoms with E-state index in [4.69, 9.17) is 0 Å². The number of rotatable bonds is 5. The zero-order valence-electron chi connectivity index (χ0n) is 9.67. The standard InChI is InChI=1S/C11H21N3/c1-5-11(4,6-2)13-10-12-8-9-14(10)7-3/h8-9H,5-7H2,1-4H3,(H,12,13). The maximum Gasteiger partial charge on any atom is 0.203 e. The zero-order valence-corrected chi connectivity index (χ0v) is 9.67. The van der Waals surface area contributed by atoms with Crippen LogP contribution < -0.4 is 5.32 Å². The normalized spacial score (nSPS) is 11.7. The van der Waals surface area contributed by atoms with Gasteiger partial charge in [0, 0.05) is 24.5 Å². The van der Waals surface area contributed by atoms with Crippen LogP contribution in [-0.2, 0) is 6.54 Å². The lowest BCUT2D eigenvalue weighted by molar-refractivity contribution is 0.471. The quantitative estimate of drug-likeness (QED) is 0.783. The molecule has 0 aliphatic heterocycles. The number of anilines is 1. The second-order valence-corrected chi connectivity index (χ2v) is 3.93. The lowest BCUT2D eigenvalue weighted by Gasteiger charge is -2.28. The number of nitrogens with zero attached hydrogens (tertiary/aromatic N) is 2. The van der Waals surface area contributed by atoms with Gasteiger partial charge in [-0.05, 0) is 26.7 Å². The molecule has 0 saturated carbocycles. The Bertz CT molecular complexity index is 274. The van der Waals surface area contributed by atoms with Crippen LogP contribution in [0.25, 0.3) is 0 Å². The Morgan fingerprint density at radius 2 is 2.00 bits per heavy atom. The van der Waals surface area contributed by atoms with Crippen molar-refractivity contribution in [3.8, 4) is 0 Å². The molecule has 0 amide bonds. The van der Waals surface area contributed by atoms with Gasteiger partial charge in [-0.1, -0.05) is 13.8 Å². The van der Waals surface area contributed by atoms with Crippen LogP contribution in [0.3, 0.4) is 0 Å². The van der Waals surface area contributed by atoms with E-state index in [1.165, 1.54) is 0 Å². The molecule has 0 unspecified atom stereocenters. The fourth-order valence-corrected chi connectivity index (χ4v) is 1.39. The van der Waals surface area contributed by atoms with Crippen LogP contribution in [0.5, 0.6) is 0 Å². The number of hydrogen-bond donors (Lipinski definition) is 1. The van der Waals surface area contributed by atoms with E-state index < -0.39 is 0 Å². The number of aryl methyl sites for hydroxylation is 1. The first-order valence-electron chi connectivity index (χ1n) is 5.44. The Hall–Kier alpha value is -0.990. The maximum atomic E-state index is 4.32. The molecular formula is C11H21N3. The van der Waals surface area contributed by atoms with Gasteiger partial charge in [0.1, 0.15) is 0 Å². The molecule has 0 atom stereocenters. The minimum Gasteiger partial charge on any atom is -0.351 e. The largest absolute Gasteiger partial charge is 0.351 e. The Balaban J connectivity index is 2.76. The maximum absolute atomic E-state index is 4.32. The average Bonchev–Trinajstić information content (AvgIpc) is 2.65. The minimum atomic E-state index is 0.165. The van der Waals surface area contributed by atoms with E-state index in [-0.39, 0.29) is 5.54 Å². The molecule has 0 radical (unpaired) electrons. The van der Waals surface area contributed by atoms with Crippen molar-refractivity contribution in [3.05, 3.63) is 12.4 Å². The molecular weight excluding hydrogens is 174 g/mol. The van der Waals surface area contributed by atoms with E-state index in [0.29, 0.717) is 0 Å². The van der Waals surface area contributed by atoms with Gasteiger partial charge in [-0.2, -0.15) is 0 Å². The minimum absolute atomic E-state index is 0.165. The SMILES string of the molecule is CCn1ccnc1NC(C)(CC)CC. The molecule has 1 N–H and O–H groups in total. The van der Waals surface area contributed by atoms with Crippen LogP contribution >= 0.6 is 0 Å². The summed E-state index contributed by atoms with van der Waals surface area (Å²) in [6, 6.07) is 0. The molecule has 80 valence electrons. The predicted octanol–water partition coefficient (Wildman–Crippen LogP) is 2.89. The van der Waals surface area contributed by atoms with E-state index >= 15 is 0 Å². The molecule has 0 bridgehead atoms. The molecule has 0 aliphatic rings. The van der Waals surface area contributed by atoms with Crippen molar-refractivity contribution in [2.24, 2.45) is 0 Å². The molecule has 0 fully saturated rings. The molecule has 3 nitrogen and oxygen atoms in total. The van der Waals surface area contributed by atoms with Gasteiger partial charge >= 0.3 is 0 Å². The highest BCUT2D eigenvalue weighted by atomic mass is 15.2. The van der Waals surface area contributed by atoms with Crippen molar-refractivity contribution < 1.29 is 0 Å². The van der Waals surface area contributed by atoms with E-state index in [0.717, 1.165) is 25.3 Å². The molecule has 0 spiro atoms. The van der Waals surface area contributed by atoms with Crippen molar-refractivity contribution in [3.63, 3.8) is 0 Å². The highest BCUT2D eigenvalue weighted by molar-refractivity contribution is 5.30. The fraction of sp³-hybridized carbons (Fsp3) is 0.727. The third-order valence-corrected chi connectivity index (χ3v) is 3.03. The lowest BCUT2D eigenvalue weighted by Crippen LogP contribution is -2.34. The summed E-state index contributed by atoms with van der Waals surface area (Å²) in [6.45, 7) is 9.74.